The summed E-state index contributed by atoms with van der Waals surface area (Å²) in [6.07, 6.45) is 1.94. The maximum atomic E-state index is 12.9. The first-order valence-corrected chi connectivity index (χ1v) is 10.7. The van der Waals surface area contributed by atoms with E-state index in [2.05, 4.69) is 28.7 Å². The molecule has 0 atom stereocenters. The molecule has 4 nitrogen and oxygen atoms in total. The summed E-state index contributed by atoms with van der Waals surface area (Å²) in [6.45, 7) is 2.95. The van der Waals surface area contributed by atoms with Crippen molar-refractivity contribution < 1.29 is 9.53 Å². The van der Waals surface area contributed by atoms with E-state index in [4.69, 9.17) is 4.74 Å². The fourth-order valence-electron chi connectivity index (χ4n) is 3.56. The molecule has 0 spiro atoms. The molecule has 4 rings (SSSR count). The highest BCUT2D eigenvalue weighted by Crippen LogP contribution is 2.37. The Labute approximate surface area is 189 Å². The average Bonchev–Trinajstić information content (AvgIpc) is 3.04. The maximum absolute atomic E-state index is 12.9. The van der Waals surface area contributed by atoms with Gasteiger partial charge in [0.1, 0.15) is 12.4 Å². The molecule has 0 aromatic heterocycles. The van der Waals surface area contributed by atoms with Crippen LogP contribution in [0.15, 0.2) is 66.7 Å². The van der Waals surface area contributed by atoms with Crippen molar-refractivity contribution in [3.8, 4) is 11.8 Å². The van der Waals surface area contributed by atoms with Crippen LogP contribution in [0.2, 0.25) is 0 Å². The zero-order chi connectivity index (χ0) is 21.1. The van der Waals surface area contributed by atoms with Crippen molar-refractivity contribution in [1.82, 2.24) is 0 Å². The third-order valence-corrected chi connectivity index (χ3v) is 5.91. The van der Waals surface area contributed by atoms with Crippen molar-refractivity contribution in [2.24, 2.45) is 0 Å². The van der Waals surface area contributed by atoms with Crippen LogP contribution in [0.4, 0.5) is 5.69 Å². The van der Waals surface area contributed by atoms with Gasteiger partial charge in [0, 0.05) is 23.2 Å². The molecule has 1 amide bonds. The molecule has 0 radical (unpaired) electrons. The number of anilines is 1. The van der Waals surface area contributed by atoms with Crippen LogP contribution in [0.25, 0.3) is 11.6 Å². The Morgan fingerprint density at radius 1 is 1.10 bits per heavy atom. The molecule has 3 aromatic rings. The number of carbonyl (C=O) groups is 1. The second kappa shape index (κ2) is 8.72. The molecule has 1 aliphatic rings. The first kappa shape index (κ1) is 20.2. The third-order valence-electron chi connectivity index (χ3n) is 5.06. The summed E-state index contributed by atoms with van der Waals surface area (Å²) in [7, 11) is 0. The van der Waals surface area contributed by atoms with E-state index in [-0.39, 0.29) is 5.91 Å². The molecule has 30 heavy (non-hydrogen) atoms. The van der Waals surface area contributed by atoms with Gasteiger partial charge < -0.3 is 9.64 Å². The first-order valence-electron chi connectivity index (χ1n) is 9.65. The van der Waals surface area contributed by atoms with Crippen LogP contribution < -0.4 is 9.64 Å². The van der Waals surface area contributed by atoms with Gasteiger partial charge in [0.2, 0.25) is 0 Å². The van der Waals surface area contributed by atoms with Crippen molar-refractivity contribution >= 4 is 45.8 Å². The van der Waals surface area contributed by atoms with Crippen molar-refractivity contribution in [2.75, 3.05) is 11.4 Å². The number of carbonyl (C=O) groups excluding carboxylic acids is 1. The van der Waals surface area contributed by atoms with Gasteiger partial charge in [0.05, 0.1) is 20.9 Å². The van der Waals surface area contributed by atoms with Crippen LogP contribution in [-0.2, 0) is 11.4 Å². The van der Waals surface area contributed by atoms with Crippen LogP contribution in [0.3, 0.4) is 0 Å². The SMILES string of the molecule is CCN1C(=O)/C(=C\c2ccc(OCc3ccccc3C#N)c(I)c2)c2ccccc21. The van der Waals surface area contributed by atoms with E-state index in [0.717, 1.165) is 31.7 Å². The lowest BCUT2D eigenvalue weighted by atomic mass is 10.0. The molecule has 0 unspecified atom stereocenters. The van der Waals surface area contributed by atoms with Crippen molar-refractivity contribution in [1.29, 1.82) is 5.26 Å². The van der Waals surface area contributed by atoms with Crippen LogP contribution in [0.1, 0.15) is 29.2 Å². The highest BCUT2D eigenvalue weighted by Gasteiger charge is 2.30. The fraction of sp³-hybridized carbons (Fsp3) is 0.120. The minimum absolute atomic E-state index is 0.0298. The number of likely N-dealkylation sites (N-methyl/N-ethyl adjacent to an activating group) is 1. The molecule has 5 heteroatoms. The van der Waals surface area contributed by atoms with Crippen LogP contribution >= 0.6 is 22.6 Å². The van der Waals surface area contributed by atoms with Crippen molar-refractivity contribution in [3.63, 3.8) is 0 Å². The number of nitrogens with zero attached hydrogens (tertiary/aromatic N) is 2. The summed E-state index contributed by atoms with van der Waals surface area (Å²) >= 11 is 2.24. The van der Waals surface area contributed by atoms with Gasteiger partial charge in [-0.2, -0.15) is 5.26 Å². The molecular weight excluding hydrogens is 487 g/mol. The maximum Gasteiger partial charge on any atom is 0.258 e. The zero-order valence-electron chi connectivity index (χ0n) is 16.4. The zero-order valence-corrected chi connectivity index (χ0v) is 18.6. The van der Waals surface area contributed by atoms with Gasteiger partial charge in [-0.1, -0.05) is 42.5 Å². The molecule has 1 aliphatic heterocycles. The average molecular weight is 506 g/mol. The topological polar surface area (TPSA) is 53.3 Å². The number of halogens is 1. The summed E-state index contributed by atoms with van der Waals surface area (Å²) in [6, 6.07) is 23.4. The molecule has 1 heterocycles. The van der Waals surface area contributed by atoms with Gasteiger partial charge >= 0.3 is 0 Å². The van der Waals surface area contributed by atoms with Crippen LogP contribution in [0.5, 0.6) is 5.75 Å². The molecule has 148 valence electrons. The van der Waals surface area contributed by atoms with E-state index < -0.39 is 0 Å². The van der Waals surface area contributed by atoms with Gasteiger partial charge in [-0.25, -0.2) is 0 Å². The Morgan fingerprint density at radius 3 is 2.63 bits per heavy atom. The van der Waals surface area contributed by atoms with Crippen LogP contribution in [-0.4, -0.2) is 12.5 Å². The molecule has 3 aromatic carbocycles. The lowest BCUT2D eigenvalue weighted by Gasteiger charge is -2.13. The normalized spacial score (nSPS) is 14.0. The van der Waals surface area contributed by atoms with Crippen molar-refractivity contribution in [2.45, 2.75) is 13.5 Å². The van der Waals surface area contributed by atoms with Crippen LogP contribution in [0, 0.1) is 14.9 Å². The van der Waals surface area contributed by atoms with E-state index in [1.807, 2.05) is 73.7 Å². The van der Waals surface area contributed by atoms with Gasteiger partial charge in [0.25, 0.3) is 5.91 Å². The second-order valence-electron chi connectivity index (χ2n) is 6.87. The fourth-order valence-corrected chi connectivity index (χ4v) is 4.26. The summed E-state index contributed by atoms with van der Waals surface area (Å²) in [5.41, 5.74) is 5.05. The number of rotatable bonds is 5. The van der Waals surface area contributed by atoms with E-state index in [1.54, 1.807) is 11.0 Å². The monoisotopic (exact) mass is 506 g/mol. The summed E-state index contributed by atoms with van der Waals surface area (Å²) in [4.78, 5) is 14.7. The van der Waals surface area contributed by atoms with Gasteiger partial charge in [-0.05, 0) is 65.4 Å². The number of ether oxygens (including phenoxy) is 1. The Balaban J connectivity index is 1.58. The number of para-hydroxylation sites is 1. The third kappa shape index (κ3) is 3.83. The van der Waals surface area contributed by atoms with E-state index in [1.165, 1.54) is 0 Å². The van der Waals surface area contributed by atoms with Gasteiger partial charge in [-0.15, -0.1) is 0 Å². The number of benzene rings is 3. The molecular formula is C25H19IN2O2. The lowest BCUT2D eigenvalue weighted by Crippen LogP contribution is -2.25. The minimum atomic E-state index is 0.0298. The molecule has 0 fully saturated rings. The number of fused-ring (bicyclic) bond motifs is 1. The van der Waals surface area contributed by atoms with E-state index >= 15 is 0 Å². The molecule has 0 aliphatic carbocycles. The molecule has 0 saturated carbocycles. The lowest BCUT2D eigenvalue weighted by molar-refractivity contribution is -0.112. The van der Waals surface area contributed by atoms with E-state index in [0.29, 0.717) is 24.3 Å². The number of nitriles is 1. The number of amides is 1. The van der Waals surface area contributed by atoms with Gasteiger partial charge in [-0.3, -0.25) is 4.79 Å². The highest BCUT2D eigenvalue weighted by atomic mass is 127. The first-order chi connectivity index (χ1) is 14.6. The minimum Gasteiger partial charge on any atom is -0.488 e. The summed E-state index contributed by atoms with van der Waals surface area (Å²) in [5.74, 6) is 0.779. The number of hydrogen-bond acceptors (Lipinski definition) is 3. The Hall–Kier alpha value is -3.11. The molecule has 0 N–H and O–H groups in total. The highest BCUT2D eigenvalue weighted by molar-refractivity contribution is 14.1. The Morgan fingerprint density at radius 2 is 1.87 bits per heavy atom. The van der Waals surface area contributed by atoms with E-state index in [9.17, 15) is 10.1 Å². The van der Waals surface area contributed by atoms with Gasteiger partial charge in [0.15, 0.2) is 0 Å². The summed E-state index contributed by atoms with van der Waals surface area (Å²) < 4.78 is 6.89. The quantitative estimate of drug-likeness (QED) is 0.332. The smallest absolute Gasteiger partial charge is 0.258 e. The predicted octanol–water partition coefficient (Wildman–Crippen LogP) is 5.65. The van der Waals surface area contributed by atoms with Crippen molar-refractivity contribution in [3.05, 3.63) is 92.6 Å². The Bertz CT molecular complexity index is 1190. The predicted molar refractivity (Wildman–Crippen MR) is 127 cm³/mol. The Kier molecular flexibility index (Phi) is 5.86. The standard InChI is InChI=1S/C25H19IN2O2/c1-2-28-23-10-6-5-9-20(23)21(25(28)29)13-17-11-12-24(22(26)14-17)30-16-19-8-4-3-7-18(19)15-27/h3-14H,2,16H2,1H3/b21-13-. The number of hydrogen-bond donors (Lipinski definition) is 0. The molecule has 0 saturated heterocycles. The second-order valence-corrected chi connectivity index (χ2v) is 8.03. The molecule has 0 bridgehead atoms. The largest absolute Gasteiger partial charge is 0.488 e. The summed E-state index contributed by atoms with van der Waals surface area (Å²) in [5, 5.41) is 9.23.